The maximum Gasteiger partial charge on any atom is 0.307 e. The fourth-order valence-corrected chi connectivity index (χ4v) is 1.34. The fourth-order valence-electron chi connectivity index (χ4n) is 0.505. The van der Waals surface area contributed by atoms with E-state index in [0.717, 1.165) is 0 Å². The first kappa shape index (κ1) is 12.7. The Balaban J connectivity index is 3.83. The molecule has 2 unspecified atom stereocenters. The molecule has 0 aliphatic heterocycles. The molecule has 0 aliphatic rings. The van der Waals surface area contributed by atoms with Crippen LogP contribution in [0, 0.1) is 5.92 Å². The minimum Gasteiger partial charge on any atom is -0.598 e. The van der Waals surface area contributed by atoms with Gasteiger partial charge in [-0.2, -0.15) is 0 Å². The van der Waals surface area contributed by atoms with Crippen LogP contribution in [0.5, 0.6) is 0 Å². The van der Waals surface area contributed by atoms with Gasteiger partial charge >= 0.3 is 5.97 Å². The van der Waals surface area contributed by atoms with Crippen LogP contribution in [0.3, 0.4) is 0 Å². The van der Waals surface area contributed by atoms with Gasteiger partial charge in [0.2, 0.25) is 0 Å². The second-order valence-electron chi connectivity index (χ2n) is 3.97. The Morgan fingerprint density at radius 3 is 2.38 bits per heavy atom. The smallest absolute Gasteiger partial charge is 0.307 e. The van der Waals surface area contributed by atoms with Crippen LogP contribution in [0.2, 0.25) is 0 Å². The molecule has 0 bridgehead atoms. The number of rotatable bonds is 4. The van der Waals surface area contributed by atoms with Crippen molar-refractivity contribution in [3.8, 4) is 0 Å². The second kappa shape index (κ2) is 4.83. The van der Waals surface area contributed by atoms with Gasteiger partial charge in [-0.25, -0.2) is 0 Å². The van der Waals surface area contributed by atoms with Crippen LogP contribution in [0.4, 0.5) is 0 Å². The van der Waals surface area contributed by atoms with E-state index in [9.17, 15) is 9.35 Å². The summed E-state index contributed by atoms with van der Waals surface area (Å²) in [7, 11) is 0. The van der Waals surface area contributed by atoms with Crippen molar-refractivity contribution in [3.63, 3.8) is 0 Å². The van der Waals surface area contributed by atoms with E-state index >= 15 is 0 Å². The van der Waals surface area contributed by atoms with Gasteiger partial charge in [-0.05, 0) is 20.8 Å². The first-order valence-electron chi connectivity index (χ1n) is 4.13. The zero-order valence-electron chi connectivity index (χ0n) is 8.46. The number of hydrogen-bond acceptors (Lipinski definition) is 3. The molecule has 4 nitrogen and oxygen atoms in total. The highest BCUT2D eigenvalue weighted by Crippen LogP contribution is 2.13. The Morgan fingerprint density at radius 1 is 1.62 bits per heavy atom. The van der Waals surface area contributed by atoms with Gasteiger partial charge in [-0.3, -0.25) is 4.79 Å². The molecule has 13 heavy (non-hydrogen) atoms. The summed E-state index contributed by atoms with van der Waals surface area (Å²) in [6, 6.07) is 0. The first-order valence-corrected chi connectivity index (χ1v) is 5.28. The van der Waals surface area contributed by atoms with Crippen LogP contribution in [-0.2, 0) is 16.2 Å². The average Bonchev–Trinajstić information content (AvgIpc) is 1.97. The van der Waals surface area contributed by atoms with Gasteiger partial charge in [0.15, 0.2) is 0 Å². The van der Waals surface area contributed by atoms with Crippen LogP contribution in [0.15, 0.2) is 0 Å². The molecule has 2 N–H and O–H groups in total. The van der Waals surface area contributed by atoms with Crippen molar-refractivity contribution in [3.05, 3.63) is 0 Å². The van der Waals surface area contributed by atoms with E-state index < -0.39 is 23.2 Å². The van der Waals surface area contributed by atoms with Gasteiger partial charge in [0.1, 0.15) is 4.75 Å². The summed E-state index contributed by atoms with van der Waals surface area (Å²) in [5, 5.41) is 8.56. The van der Waals surface area contributed by atoms with Gasteiger partial charge in [0, 0.05) is 11.4 Å². The highest BCUT2D eigenvalue weighted by atomic mass is 32.2. The van der Waals surface area contributed by atoms with E-state index in [1.807, 2.05) is 20.8 Å². The second-order valence-corrected chi connectivity index (χ2v) is 6.02. The molecule has 0 aromatic rings. The molecule has 0 saturated heterocycles. The van der Waals surface area contributed by atoms with E-state index in [4.69, 9.17) is 5.11 Å². The summed E-state index contributed by atoms with van der Waals surface area (Å²) < 4.78 is 13.7. The number of carboxylic acids is 1. The highest BCUT2D eigenvalue weighted by molar-refractivity contribution is 7.90. The maximum atomic E-state index is 11.4. The Kier molecular flexibility index (Phi) is 4.74. The molecular weight excluding hydrogens is 190 g/mol. The summed E-state index contributed by atoms with van der Waals surface area (Å²) >= 11 is -1.19. The predicted molar refractivity (Wildman–Crippen MR) is 52.7 cm³/mol. The third-order valence-corrected chi connectivity index (χ3v) is 3.04. The lowest BCUT2D eigenvalue weighted by Gasteiger charge is -2.24. The fraction of sp³-hybridized carbons (Fsp3) is 0.875. The SMILES string of the molecule is CC(CN[S+]([O-])C(C)(C)C)C(=O)O. The van der Waals surface area contributed by atoms with Gasteiger partial charge in [-0.1, -0.05) is 6.92 Å². The maximum absolute atomic E-state index is 11.4. The normalized spacial score (nSPS) is 16.7. The third kappa shape index (κ3) is 5.13. The van der Waals surface area contributed by atoms with Crippen molar-refractivity contribution in [2.45, 2.75) is 32.4 Å². The van der Waals surface area contributed by atoms with E-state index in [0.29, 0.717) is 0 Å². The monoisotopic (exact) mass is 207 g/mol. The summed E-state index contributed by atoms with van der Waals surface area (Å²) in [4.78, 5) is 10.4. The van der Waals surface area contributed by atoms with Gasteiger partial charge < -0.3 is 9.66 Å². The van der Waals surface area contributed by atoms with Crippen LogP contribution < -0.4 is 4.72 Å². The van der Waals surface area contributed by atoms with E-state index in [-0.39, 0.29) is 11.3 Å². The number of nitrogens with one attached hydrogen (secondary N) is 1. The number of carboxylic acid groups (broad SMARTS) is 1. The molecule has 0 saturated carbocycles. The molecule has 0 radical (unpaired) electrons. The zero-order chi connectivity index (χ0) is 10.6. The largest absolute Gasteiger partial charge is 0.598 e. The molecular formula is C8H17NO3S. The molecule has 0 aromatic carbocycles. The summed E-state index contributed by atoms with van der Waals surface area (Å²) in [6.07, 6.45) is 0. The van der Waals surface area contributed by atoms with Crippen LogP contribution in [-0.4, -0.2) is 26.9 Å². The molecule has 0 rings (SSSR count). The quantitative estimate of drug-likeness (QED) is 0.667. The third-order valence-electron chi connectivity index (χ3n) is 1.50. The molecule has 0 aromatic heterocycles. The van der Waals surface area contributed by atoms with Crippen LogP contribution in [0.25, 0.3) is 0 Å². The molecule has 78 valence electrons. The summed E-state index contributed by atoms with van der Waals surface area (Å²) in [6.45, 7) is 7.32. The Morgan fingerprint density at radius 2 is 2.08 bits per heavy atom. The molecule has 2 atom stereocenters. The first-order chi connectivity index (χ1) is 5.75. The lowest BCUT2D eigenvalue weighted by molar-refractivity contribution is -0.140. The Bertz CT molecular complexity index is 179. The van der Waals surface area contributed by atoms with Crippen molar-refractivity contribution in [1.82, 2.24) is 4.72 Å². The molecule has 0 aliphatic carbocycles. The topological polar surface area (TPSA) is 72.4 Å². The predicted octanol–water partition coefficient (Wildman–Crippen LogP) is 0.759. The number of hydrogen-bond donors (Lipinski definition) is 2. The Labute approximate surface area is 82.0 Å². The van der Waals surface area contributed by atoms with E-state index in [1.165, 1.54) is 0 Å². The summed E-state index contributed by atoms with van der Waals surface area (Å²) in [5.74, 6) is -1.38. The van der Waals surface area contributed by atoms with E-state index in [2.05, 4.69) is 4.72 Å². The lowest BCUT2D eigenvalue weighted by Crippen LogP contribution is -2.42. The minimum absolute atomic E-state index is 0.235. The van der Waals surface area contributed by atoms with Gasteiger partial charge in [-0.15, -0.1) is 4.72 Å². The standard InChI is InChI=1S/C8H17NO3S/c1-6(7(10)11)5-9-13(12)8(2,3)4/h6,9H,5H2,1-4H3,(H,10,11). The van der Waals surface area contributed by atoms with Crippen LogP contribution in [0.1, 0.15) is 27.7 Å². The van der Waals surface area contributed by atoms with E-state index in [1.54, 1.807) is 6.92 Å². The van der Waals surface area contributed by atoms with Crippen molar-refractivity contribution < 1.29 is 14.5 Å². The van der Waals surface area contributed by atoms with Crippen molar-refractivity contribution in [1.29, 1.82) is 0 Å². The summed E-state index contributed by atoms with van der Waals surface area (Å²) in [5.41, 5.74) is 0. The molecule has 0 amide bonds. The van der Waals surface area contributed by atoms with Crippen LogP contribution >= 0.6 is 0 Å². The minimum atomic E-state index is -1.19. The molecule has 5 heteroatoms. The molecule has 0 heterocycles. The Hall–Kier alpha value is -0.260. The van der Waals surface area contributed by atoms with Gasteiger partial charge in [0.05, 0.1) is 12.5 Å². The van der Waals surface area contributed by atoms with Crippen molar-refractivity contribution in [2.75, 3.05) is 6.54 Å². The van der Waals surface area contributed by atoms with Crippen molar-refractivity contribution in [2.24, 2.45) is 5.92 Å². The molecule has 0 fully saturated rings. The van der Waals surface area contributed by atoms with Crippen molar-refractivity contribution >= 4 is 17.3 Å². The highest BCUT2D eigenvalue weighted by Gasteiger charge is 2.27. The average molecular weight is 207 g/mol. The lowest BCUT2D eigenvalue weighted by atomic mass is 10.2. The number of carbonyl (C=O) groups is 1. The van der Waals surface area contributed by atoms with Gasteiger partial charge in [0.25, 0.3) is 0 Å². The molecule has 0 spiro atoms. The number of aliphatic carboxylic acids is 1. The zero-order valence-corrected chi connectivity index (χ0v) is 9.27.